The zero-order valence-corrected chi connectivity index (χ0v) is 15.2. The molecule has 4 rings (SSSR count). The van der Waals surface area contributed by atoms with Gasteiger partial charge in [0.15, 0.2) is 17.3 Å². The van der Waals surface area contributed by atoms with E-state index in [4.69, 9.17) is 9.47 Å². The number of Topliss-reactive ketones (excluding diaryl/α,β-unsaturated/α-hetero) is 1. The summed E-state index contributed by atoms with van der Waals surface area (Å²) in [5.74, 6) is 1.16. The van der Waals surface area contributed by atoms with E-state index in [0.717, 1.165) is 21.3 Å². The average Bonchev–Trinajstić information content (AvgIpc) is 2.90. The molecule has 0 radical (unpaired) electrons. The molecule has 1 aromatic rings. The van der Waals surface area contributed by atoms with Crippen LogP contribution in [0.2, 0.25) is 0 Å². The Hall–Kier alpha value is -1.82. The number of rotatable bonds is 1. The lowest BCUT2D eigenvalue weighted by molar-refractivity contribution is -0.122. The van der Waals surface area contributed by atoms with Crippen LogP contribution in [0.25, 0.3) is 0 Å². The minimum Gasteiger partial charge on any atom is -0.454 e. The smallest absolute Gasteiger partial charge is 0.231 e. The number of carbonyl (C=O) groups excluding carboxylic acids is 2. The first-order valence-electron chi connectivity index (χ1n) is 7.99. The molecule has 24 heavy (non-hydrogen) atoms. The molecule has 1 amide bonds. The second-order valence-electron chi connectivity index (χ2n) is 7.37. The van der Waals surface area contributed by atoms with Crippen molar-refractivity contribution in [3.8, 4) is 11.5 Å². The van der Waals surface area contributed by atoms with Gasteiger partial charge < -0.3 is 14.8 Å². The monoisotopic (exact) mass is 391 g/mol. The van der Waals surface area contributed by atoms with Gasteiger partial charge in [0, 0.05) is 34.5 Å². The van der Waals surface area contributed by atoms with Gasteiger partial charge in [-0.2, -0.15) is 0 Å². The highest BCUT2D eigenvalue weighted by Gasteiger charge is 2.41. The summed E-state index contributed by atoms with van der Waals surface area (Å²) in [5.41, 5.74) is 2.29. The summed E-state index contributed by atoms with van der Waals surface area (Å²) < 4.78 is 11.7. The number of hydrogen-bond acceptors (Lipinski definition) is 4. The van der Waals surface area contributed by atoms with Crippen molar-refractivity contribution in [2.24, 2.45) is 5.41 Å². The van der Waals surface area contributed by atoms with E-state index < -0.39 is 0 Å². The summed E-state index contributed by atoms with van der Waals surface area (Å²) in [5, 5.41) is 2.92. The molecule has 0 bridgehead atoms. The van der Waals surface area contributed by atoms with Crippen molar-refractivity contribution in [2.75, 3.05) is 6.79 Å². The van der Waals surface area contributed by atoms with E-state index in [1.54, 1.807) is 0 Å². The first kappa shape index (κ1) is 15.7. The molecule has 5 nitrogen and oxygen atoms in total. The predicted octanol–water partition coefficient (Wildman–Crippen LogP) is 3.42. The largest absolute Gasteiger partial charge is 0.454 e. The summed E-state index contributed by atoms with van der Waals surface area (Å²) in [6.45, 7) is 4.30. The zero-order chi connectivity index (χ0) is 17.1. The fourth-order valence-corrected chi connectivity index (χ4v) is 4.42. The molecule has 1 N–H and O–H groups in total. The van der Waals surface area contributed by atoms with Gasteiger partial charge in [0.1, 0.15) is 0 Å². The maximum absolute atomic E-state index is 12.8. The van der Waals surface area contributed by atoms with Gasteiger partial charge in [0.05, 0.1) is 0 Å². The summed E-state index contributed by atoms with van der Waals surface area (Å²) in [4.78, 5) is 25.0. The fraction of sp³-hybridized carbons (Fsp3) is 0.444. The van der Waals surface area contributed by atoms with Crippen LogP contribution in [0.1, 0.15) is 44.6 Å². The summed E-state index contributed by atoms with van der Waals surface area (Å²) in [7, 11) is 0. The van der Waals surface area contributed by atoms with Gasteiger partial charge in [0.2, 0.25) is 12.7 Å². The van der Waals surface area contributed by atoms with Crippen LogP contribution in [-0.2, 0) is 9.59 Å². The lowest BCUT2D eigenvalue weighted by Crippen LogP contribution is -2.40. The van der Waals surface area contributed by atoms with E-state index in [0.29, 0.717) is 24.3 Å². The number of ketones is 1. The van der Waals surface area contributed by atoms with Crippen molar-refractivity contribution >= 4 is 27.6 Å². The van der Waals surface area contributed by atoms with Crippen molar-refractivity contribution in [1.29, 1.82) is 0 Å². The number of halogens is 1. The highest BCUT2D eigenvalue weighted by Crippen LogP contribution is 2.47. The van der Waals surface area contributed by atoms with Crippen LogP contribution < -0.4 is 14.8 Å². The number of benzene rings is 1. The molecule has 1 aliphatic carbocycles. The van der Waals surface area contributed by atoms with Crippen LogP contribution in [0.5, 0.6) is 11.5 Å². The Bertz CT molecular complexity index is 796. The number of allylic oxidation sites excluding steroid dienone is 2. The Balaban J connectivity index is 1.83. The van der Waals surface area contributed by atoms with Crippen LogP contribution >= 0.6 is 15.9 Å². The zero-order valence-electron chi connectivity index (χ0n) is 13.6. The molecule has 3 aliphatic rings. The van der Waals surface area contributed by atoms with Crippen LogP contribution in [0, 0.1) is 5.41 Å². The van der Waals surface area contributed by atoms with Crippen LogP contribution in [0.3, 0.4) is 0 Å². The lowest BCUT2D eigenvalue weighted by Gasteiger charge is -2.38. The Morgan fingerprint density at radius 3 is 2.62 bits per heavy atom. The number of carbonyl (C=O) groups is 2. The first-order chi connectivity index (χ1) is 11.3. The Morgan fingerprint density at radius 2 is 1.88 bits per heavy atom. The van der Waals surface area contributed by atoms with Gasteiger partial charge in [-0.05, 0) is 29.5 Å². The number of hydrogen-bond donors (Lipinski definition) is 1. The third-order valence-corrected chi connectivity index (χ3v) is 5.50. The Kier molecular flexibility index (Phi) is 3.49. The maximum atomic E-state index is 12.8. The van der Waals surface area contributed by atoms with Crippen LogP contribution in [-0.4, -0.2) is 18.5 Å². The third kappa shape index (κ3) is 2.53. The minimum atomic E-state index is -0.249. The van der Waals surface area contributed by atoms with E-state index in [2.05, 4.69) is 35.1 Å². The average molecular weight is 392 g/mol. The molecule has 0 aromatic heterocycles. The Morgan fingerprint density at radius 1 is 1.17 bits per heavy atom. The molecule has 6 heteroatoms. The minimum absolute atomic E-state index is 0.0474. The van der Waals surface area contributed by atoms with Gasteiger partial charge >= 0.3 is 0 Å². The molecule has 0 unspecified atom stereocenters. The molecular weight excluding hydrogens is 374 g/mol. The highest BCUT2D eigenvalue weighted by molar-refractivity contribution is 9.10. The summed E-state index contributed by atoms with van der Waals surface area (Å²) >= 11 is 3.56. The number of fused-ring (bicyclic) bond motifs is 1. The SMILES string of the molecule is CC1(C)CC(=O)C2=C(C1)NC(=O)C[C@H]2c1cc2c(cc1Br)OCO2. The quantitative estimate of drug-likeness (QED) is 0.796. The van der Waals surface area contributed by atoms with Crippen molar-refractivity contribution in [1.82, 2.24) is 5.32 Å². The molecular formula is C18H18BrNO4. The van der Waals surface area contributed by atoms with E-state index >= 15 is 0 Å². The van der Waals surface area contributed by atoms with E-state index in [1.165, 1.54) is 0 Å². The van der Waals surface area contributed by atoms with Gasteiger partial charge in [-0.25, -0.2) is 0 Å². The second-order valence-corrected chi connectivity index (χ2v) is 8.22. The van der Waals surface area contributed by atoms with Gasteiger partial charge in [-0.1, -0.05) is 29.8 Å². The number of nitrogens with one attached hydrogen (secondary N) is 1. The molecule has 0 saturated carbocycles. The predicted molar refractivity (Wildman–Crippen MR) is 90.8 cm³/mol. The van der Waals surface area contributed by atoms with Gasteiger partial charge in [-0.3, -0.25) is 9.59 Å². The van der Waals surface area contributed by atoms with E-state index in [-0.39, 0.29) is 36.2 Å². The van der Waals surface area contributed by atoms with Gasteiger partial charge in [0.25, 0.3) is 0 Å². The topological polar surface area (TPSA) is 64.6 Å². The normalized spacial score (nSPS) is 24.7. The first-order valence-corrected chi connectivity index (χ1v) is 8.78. The summed E-state index contributed by atoms with van der Waals surface area (Å²) in [6, 6.07) is 3.73. The lowest BCUT2D eigenvalue weighted by atomic mass is 9.70. The van der Waals surface area contributed by atoms with Crippen molar-refractivity contribution in [2.45, 2.75) is 39.0 Å². The summed E-state index contributed by atoms with van der Waals surface area (Å²) in [6.07, 6.45) is 1.47. The van der Waals surface area contributed by atoms with Crippen molar-refractivity contribution in [3.05, 3.63) is 33.4 Å². The Labute approximate surface area is 148 Å². The molecule has 2 aliphatic heterocycles. The third-order valence-electron chi connectivity index (χ3n) is 4.82. The standard InChI is InChI=1S/C18H18BrNO4/c1-18(2)6-12-17(13(21)7-18)10(4-16(22)20-12)9-3-14-15(5-11(9)19)24-8-23-14/h3,5,10H,4,6-8H2,1-2H3,(H,20,22)/t10-/m0/s1. The van der Waals surface area contributed by atoms with Gasteiger partial charge in [-0.15, -0.1) is 0 Å². The number of ether oxygens (including phenoxy) is 2. The highest BCUT2D eigenvalue weighted by atomic mass is 79.9. The number of amides is 1. The van der Waals surface area contributed by atoms with E-state index in [9.17, 15) is 9.59 Å². The maximum Gasteiger partial charge on any atom is 0.231 e. The molecule has 0 spiro atoms. The molecule has 0 saturated heterocycles. The molecule has 126 valence electrons. The fourth-order valence-electron chi connectivity index (χ4n) is 3.82. The second kappa shape index (κ2) is 5.34. The van der Waals surface area contributed by atoms with Crippen molar-refractivity contribution < 1.29 is 19.1 Å². The molecule has 2 heterocycles. The van der Waals surface area contributed by atoms with Crippen molar-refractivity contribution in [3.63, 3.8) is 0 Å². The van der Waals surface area contributed by atoms with Crippen LogP contribution in [0.4, 0.5) is 0 Å². The van der Waals surface area contributed by atoms with Crippen LogP contribution in [0.15, 0.2) is 27.9 Å². The molecule has 1 aromatic carbocycles. The molecule has 1 atom stereocenters. The molecule has 0 fully saturated rings. The van der Waals surface area contributed by atoms with E-state index in [1.807, 2.05) is 12.1 Å².